The van der Waals surface area contributed by atoms with E-state index in [0.717, 1.165) is 45.2 Å². The molecule has 0 aromatic heterocycles. The van der Waals surface area contributed by atoms with Gasteiger partial charge in [0.05, 0.1) is 0 Å². The fraction of sp³-hybridized carbons (Fsp3) is 0.923. The average molecular weight is 227 g/mol. The molecule has 3 heteroatoms. The number of carbonyl (C=O) groups excluding carboxylic acids is 1. The Kier molecular flexibility index (Phi) is 5.99. The molecule has 1 saturated carbocycles. The Morgan fingerprint density at radius 1 is 1.25 bits per heavy atom. The average Bonchev–Trinajstić information content (AvgIpc) is 2.74. The zero-order valence-electron chi connectivity index (χ0n) is 10.5. The molecule has 94 valence electrons. The Hall–Kier alpha value is -0.410. The van der Waals surface area contributed by atoms with Crippen molar-refractivity contribution >= 4 is 6.29 Å². The van der Waals surface area contributed by atoms with Gasteiger partial charge in [0.2, 0.25) is 0 Å². The SMILES string of the molecule is CN(CCCCCO)CC1(C=O)CCCC1. The van der Waals surface area contributed by atoms with Gasteiger partial charge < -0.3 is 14.8 Å². The molecule has 3 nitrogen and oxygen atoms in total. The minimum absolute atomic E-state index is 0.0499. The van der Waals surface area contributed by atoms with Crippen LogP contribution in [0.2, 0.25) is 0 Å². The van der Waals surface area contributed by atoms with E-state index in [9.17, 15) is 4.79 Å². The number of nitrogens with zero attached hydrogens (tertiary/aromatic N) is 1. The Labute approximate surface area is 98.8 Å². The summed E-state index contributed by atoms with van der Waals surface area (Å²) >= 11 is 0. The van der Waals surface area contributed by atoms with Crippen LogP contribution in [0.15, 0.2) is 0 Å². The van der Waals surface area contributed by atoms with Gasteiger partial charge in [0.25, 0.3) is 0 Å². The van der Waals surface area contributed by atoms with Crippen molar-refractivity contribution < 1.29 is 9.90 Å². The Balaban J connectivity index is 2.21. The normalized spacial score (nSPS) is 19.2. The predicted octanol–water partition coefficient (Wildman–Crippen LogP) is 1.84. The van der Waals surface area contributed by atoms with Crippen molar-refractivity contribution in [1.29, 1.82) is 0 Å². The summed E-state index contributed by atoms with van der Waals surface area (Å²) in [5.74, 6) is 0. The summed E-state index contributed by atoms with van der Waals surface area (Å²) in [5, 5.41) is 8.68. The van der Waals surface area contributed by atoms with Crippen LogP contribution in [0.25, 0.3) is 0 Å². The van der Waals surface area contributed by atoms with Crippen LogP contribution in [0.4, 0.5) is 0 Å². The first kappa shape index (κ1) is 13.7. The smallest absolute Gasteiger partial charge is 0.127 e. The van der Waals surface area contributed by atoms with Gasteiger partial charge in [-0.05, 0) is 45.7 Å². The van der Waals surface area contributed by atoms with E-state index in [1.807, 2.05) is 0 Å². The first-order chi connectivity index (χ1) is 7.72. The molecule has 0 amide bonds. The van der Waals surface area contributed by atoms with Crippen molar-refractivity contribution in [1.82, 2.24) is 4.90 Å². The van der Waals surface area contributed by atoms with E-state index in [0.29, 0.717) is 6.61 Å². The van der Waals surface area contributed by atoms with Crippen LogP contribution in [-0.2, 0) is 4.79 Å². The first-order valence-corrected chi connectivity index (χ1v) is 6.48. The number of aliphatic hydroxyl groups is 1. The van der Waals surface area contributed by atoms with Gasteiger partial charge in [-0.1, -0.05) is 12.8 Å². The summed E-state index contributed by atoms with van der Waals surface area (Å²) in [4.78, 5) is 13.5. The monoisotopic (exact) mass is 227 g/mol. The third-order valence-electron chi connectivity index (χ3n) is 3.63. The number of aliphatic hydroxyl groups excluding tert-OH is 1. The standard InChI is InChI=1S/C13H25NO2/c1-14(9-5-2-6-10-15)11-13(12-16)7-3-4-8-13/h12,15H,2-11H2,1H3. The lowest BCUT2D eigenvalue weighted by atomic mass is 9.87. The van der Waals surface area contributed by atoms with Crippen LogP contribution in [0.1, 0.15) is 44.9 Å². The van der Waals surface area contributed by atoms with Crippen molar-refractivity contribution in [3.05, 3.63) is 0 Å². The minimum atomic E-state index is -0.0499. The number of unbranched alkanes of at least 4 members (excludes halogenated alkanes) is 2. The van der Waals surface area contributed by atoms with Crippen molar-refractivity contribution in [3.8, 4) is 0 Å². The lowest BCUT2D eigenvalue weighted by Gasteiger charge is -2.28. The molecule has 16 heavy (non-hydrogen) atoms. The molecule has 1 fully saturated rings. The lowest BCUT2D eigenvalue weighted by Crippen LogP contribution is -2.35. The molecule has 0 bridgehead atoms. The Bertz CT molecular complexity index is 200. The maximum absolute atomic E-state index is 11.2. The van der Waals surface area contributed by atoms with Gasteiger partial charge in [-0.25, -0.2) is 0 Å². The van der Waals surface area contributed by atoms with E-state index >= 15 is 0 Å². The zero-order chi connectivity index (χ0) is 11.9. The third-order valence-corrected chi connectivity index (χ3v) is 3.63. The largest absolute Gasteiger partial charge is 0.396 e. The van der Waals surface area contributed by atoms with Crippen LogP contribution in [0.5, 0.6) is 0 Å². The van der Waals surface area contributed by atoms with Gasteiger partial charge in [-0.2, -0.15) is 0 Å². The second-order valence-corrected chi connectivity index (χ2v) is 5.21. The maximum Gasteiger partial charge on any atom is 0.127 e. The summed E-state index contributed by atoms with van der Waals surface area (Å²) in [6, 6.07) is 0. The summed E-state index contributed by atoms with van der Waals surface area (Å²) < 4.78 is 0. The molecular weight excluding hydrogens is 202 g/mol. The third kappa shape index (κ3) is 4.22. The molecule has 1 N–H and O–H groups in total. The van der Waals surface area contributed by atoms with Gasteiger partial charge in [0.1, 0.15) is 6.29 Å². The molecule has 0 unspecified atom stereocenters. The van der Waals surface area contributed by atoms with Crippen LogP contribution in [-0.4, -0.2) is 43.0 Å². The highest BCUT2D eigenvalue weighted by Gasteiger charge is 2.34. The quantitative estimate of drug-likeness (QED) is 0.508. The molecule has 0 aliphatic heterocycles. The molecule has 0 aromatic carbocycles. The number of hydrogen-bond donors (Lipinski definition) is 1. The van der Waals surface area contributed by atoms with Crippen LogP contribution in [0, 0.1) is 5.41 Å². The molecule has 0 radical (unpaired) electrons. The molecule has 1 aliphatic carbocycles. The highest BCUT2D eigenvalue weighted by atomic mass is 16.2. The van der Waals surface area contributed by atoms with Gasteiger partial charge >= 0.3 is 0 Å². The maximum atomic E-state index is 11.2. The Morgan fingerprint density at radius 2 is 1.94 bits per heavy atom. The number of hydrogen-bond acceptors (Lipinski definition) is 3. The highest BCUT2D eigenvalue weighted by molar-refractivity contribution is 5.60. The van der Waals surface area contributed by atoms with Crippen LogP contribution >= 0.6 is 0 Å². The van der Waals surface area contributed by atoms with Gasteiger partial charge in [0, 0.05) is 18.6 Å². The topological polar surface area (TPSA) is 40.5 Å². The summed E-state index contributed by atoms with van der Waals surface area (Å²) in [5.41, 5.74) is -0.0499. The molecule has 0 heterocycles. The molecule has 0 atom stereocenters. The Morgan fingerprint density at radius 3 is 2.50 bits per heavy atom. The van der Waals surface area contributed by atoms with Crippen molar-refractivity contribution in [2.45, 2.75) is 44.9 Å². The van der Waals surface area contributed by atoms with E-state index in [1.54, 1.807) is 0 Å². The molecule has 1 aliphatic rings. The second kappa shape index (κ2) is 7.02. The van der Waals surface area contributed by atoms with E-state index in [2.05, 4.69) is 11.9 Å². The predicted molar refractivity (Wildman–Crippen MR) is 65.4 cm³/mol. The molecule has 0 saturated heterocycles. The fourth-order valence-corrected chi connectivity index (χ4v) is 2.68. The van der Waals surface area contributed by atoms with Crippen molar-refractivity contribution in [3.63, 3.8) is 0 Å². The number of carbonyl (C=O) groups is 1. The lowest BCUT2D eigenvalue weighted by molar-refractivity contribution is -0.116. The fourth-order valence-electron chi connectivity index (χ4n) is 2.68. The molecular formula is C13H25NO2. The number of aldehydes is 1. The first-order valence-electron chi connectivity index (χ1n) is 6.48. The minimum Gasteiger partial charge on any atom is -0.396 e. The van der Waals surface area contributed by atoms with Crippen LogP contribution < -0.4 is 0 Å². The van der Waals surface area contributed by atoms with E-state index < -0.39 is 0 Å². The van der Waals surface area contributed by atoms with Crippen molar-refractivity contribution in [2.75, 3.05) is 26.7 Å². The molecule has 0 spiro atoms. The number of rotatable bonds is 8. The highest BCUT2D eigenvalue weighted by Crippen LogP contribution is 2.36. The van der Waals surface area contributed by atoms with E-state index in [1.165, 1.54) is 19.1 Å². The van der Waals surface area contributed by atoms with Gasteiger partial charge in [-0.3, -0.25) is 0 Å². The summed E-state index contributed by atoms with van der Waals surface area (Å²) in [7, 11) is 2.10. The van der Waals surface area contributed by atoms with E-state index in [-0.39, 0.29) is 5.41 Å². The van der Waals surface area contributed by atoms with Crippen molar-refractivity contribution in [2.24, 2.45) is 5.41 Å². The van der Waals surface area contributed by atoms with Gasteiger partial charge in [0.15, 0.2) is 0 Å². The second-order valence-electron chi connectivity index (χ2n) is 5.21. The van der Waals surface area contributed by atoms with E-state index in [4.69, 9.17) is 5.11 Å². The zero-order valence-corrected chi connectivity index (χ0v) is 10.5. The van der Waals surface area contributed by atoms with Crippen LogP contribution in [0.3, 0.4) is 0 Å². The molecule has 0 aromatic rings. The summed E-state index contributed by atoms with van der Waals surface area (Å²) in [6.07, 6.45) is 8.82. The molecule has 1 rings (SSSR count). The summed E-state index contributed by atoms with van der Waals surface area (Å²) in [6.45, 7) is 2.24. The van der Waals surface area contributed by atoms with Gasteiger partial charge in [-0.15, -0.1) is 0 Å².